The van der Waals surface area contributed by atoms with Crippen molar-refractivity contribution in [2.45, 2.75) is 12.1 Å². The van der Waals surface area contributed by atoms with Crippen LogP contribution in [0, 0.1) is 0 Å². The largest absolute Gasteiger partial charge is 0.338 e. The second kappa shape index (κ2) is 9.09. The molecule has 0 saturated heterocycles. The van der Waals surface area contributed by atoms with Gasteiger partial charge >= 0.3 is 6.03 Å². The predicted octanol–water partition coefficient (Wildman–Crippen LogP) is 3.99. The molecule has 2 aromatic carbocycles. The van der Waals surface area contributed by atoms with Crippen LogP contribution in [0.3, 0.4) is 0 Å². The lowest BCUT2D eigenvalue weighted by molar-refractivity contribution is 0.102. The molecule has 144 valence electrons. The van der Waals surface area contributed by atoms with Crippen molar-refractivity contribution in [3.63, 3.8) is 0 Å². The zero-order valence-electron chi connectivity index (χ0n) is 15.6. The first-order valence-corrected chi connectivity index (χ1v) is 9.97. The van der Waals surface area contributed by atoms with Gasteiger partial charge in [-0.15, -0.1) is 0 Å². The molecular formula is C20H21N5O2S. The van der Waals surface area contributed by atoms with Gasteiger partial charge in [0, 0.05) is 41.6 Å². The second-order valence-corrected chi connectivity index (χ2v) is 6.62. The van der Waals surface area contributed by atoms with Crippen LogP contribution >= 0.6 is 11.8 Å². The highest BCUT2D eigenvalue weighted by molar-refractivity contribution is 7.98. The fourth-order valence-electron chi connectivity index (χ4n) is 2.62. The number of imidazole rings is 1. The number of thioether (sulfide) groups is 1. The van der Waals surface area contributed by atoms with Gasteiger partial charge in [-0.05, 0) is 55.6 Å². The summed E-state index contributed by atoms with van der Waals surface area (Å²) in [5.41, 5.74) is 2.68. The number of benzene rings is 2. The molecule has 3 rings (SSSR count). The van der Waals surface area contributed by atoms with E-state index in [1.54, 1.807) is 54.4 Å². The van der Waals surface area contributed by atoms with Gasteiger partial charge in [-0.25, -0.2) is 9.78 Å². The Bertz CT molecular complexity index is 969. The van der Waals surface area contributed by atoms with Gasteiger partial charge in [0.05, 0.1) is 0 Å². The third kappa shape index (κ3) is 4.72. The van der Waals surface area contributed by atoms with E-state index in [-0.39, 0.29) is 11.9 Å². The number of carbonyl (C=O) groups excluding carboxylic acids is 2. The van der Waals surface area contributed by atoms with E-state index in [1.807, 2.05) is 36.1 Å². The monoisotopic (exact) mass is 395 g/mol. The molecule has 3 amide bonds. The predicted molar refractivity (Wildman–Crippen MR) is 112 cm³/mol. The summed E-state index contributed by atoms with van der Waals surface area (Å²) in [6, 6.07) is 14.0. The van der Waals surface area contributed by atoms with Crippen LogP contribution in [0.1, 0.15) is 17.3 Å². The number of nitrogens with zero attached hydrogens (tertiary/aromatic N) is 2. The quantitative estimate of drug-likeness (QED) is 0.551. The highest BCUT2D eigenvalue weighted by Crippen LogP contribution is 2.20. The van der Waals surface area contributed by atoms with Gasteiger partial charge in [0.1, 0.15) is 0 Å². The number of anilines is 2. The lowest BCUT2D eigenvalue weighted by atomic mass is 10.2. The molecular weight excluding hydrogens is 374 g/mol. The van der Waals surface area contributed by atoms with Crippen molar-refractivity contribution >= 4 is 35.1 Å². The number of amides is 3. The number of hydrogen-bond acceptors (Lipinski definition) is 4. The summed E-state index contributed by atoms with van der Waals surface area (Å²) in [4.78, 5) is 28.4. The average molecular weight is 395 g/mol. The molecule has 0 radical (unpaired) electrons. The van der Waals surface area contributed by atoms with E-state index in [4.69, 9.17) is 0 Å². The SMILES string of the molecule is CCNC(=O)Nc1cccc(NC(=O)c2ccc(-n3ccnc3SC)cc2)c1. The zero-order valence-corrected chi connectivity index (χ0v) is 16.4. The number of aromatic nitrogens is 2. The molecule has 1 heterocycles. The van der Waals surface area contributed by atoms with Gasteiger partial charge in [-0.3, -0.25) is 9.36 Å². The minimum Gasteiger partial charge on any atom is -0.338 e. The Labute approximate surface area is 167 Å². The summed E-state index contributed by atoms with van der Waals surface area (Å²) < 4.78 is 1.96. The van der Waals surface area contributed by atoms with Gasteiger partial charge in [0.2, 0.25) is 0 Å². The highest BCUT2D eigenvalue weighted by atomic mass is 32.2. The maximum absolute atomic E-state index is 12.5. The van der Waals surface area contributed by atoms with Gasteiger partial charge in [-0.1, -0.05) is 17.8 Å². The minimum atomic E-state index is -0.286. The van der Waals surface area contributed by atoms with Crippen molar-refractivity contribution in [2.24, 2.45) is 0 Å². The van der Waals surface area contributed by atoms with Crippen molar-refractivity contribution in [3.05, 3.63) is 66.5 Å². The second-order valence-electron chi connectivity index (χ2n) is 5.85. The first-order valence-electron chi connectivity index (χ1n) is 8.74. The first-order chi connectivity index (χ1) is 13.6. The molecule has 7 nitrogen and oxygen atoms in total. The van der Waals surface area contributed by atoms with Crippen LogP contribution in [-0.2, 0) is 0 Å². The highest BCUT2D eigenvalue weighted by Gasteiger charge is 2.09. The van der Waals surface area contributed by atoms with E-state index in [0.717, 1.165) is 10.8 Å². The summed E-state index contributed by atoms with van der Waals surface area (Å²) in [6.07, 6.45) is 5.60. The number of carbonyl (C=O) groups is 2. The molecule has 0 aliphatic rings. The van der Waals surface area contributed by atoms with E-state index >= 15 is 0 Å². The Morgan fingerprint density at radius 1 is 1.07 bits per heavy atom. The number of nitrogens with one attached hydrogen (secondary N) is 3. The minimum absolute atomic E-state index is 0.225. The molecule has 0 aliphatic carbocycles. The van der Waals surface area contributed by atoms with Crippen LogP contribution in [0.15, 0.2) is 66.1 Å². The zero-order chi connectivity index (χ0) is 19.9. The Balaban J connectivity index is 1.69. The third-order valence-electron chi connectivity index (χ3n) is 3.91. The van der Waals surface area contributed by atoms with Crippen molar-refractivity contribution in [3.8, 4) is 5.69 Å². The van der Waals surface area contributed by atoms with E-state index in [9.17, 15) is 9.59 Å². The van der Waals surface area contributed by atoms with Crippen LogP contribution in [0.5, 0.6) is 0 Å². The molecule has 0 fully saturated rings. The molecule has 0 saturated carbocycles. The Morgan fingerprint density at radius 3 is 2.46 bits per heavy atom. The lowest BCUT2D eigenvalue weighted by Gasteiger charge is -2.10. The lowest BCUT2D eigenvalue weighted by Crippen LogP contribution is -2.28. The molecule has 1 aromatic heterocycles. The van der Waals surface area contributed by atoms with E-state index < -0.39 is 0 Å². The fraction of sp³-hybridized carbons (Fsp3) is 0.150. The number of urea groups is 1. The molecule has 3 aromatic rings. The fourth-order valence-corrected chi connectivity index (χ4v) is 3.15. The van der Waals surface area contributed by atoms with Crippen molar-refractivity contribution < 1.29 is 9.59 Å². The topological polar surface area (TPSA) is 88.0 Å². The Kier molecular flexibility index (Phi) is 6.33. The van der Waals surface area contributed by atoms with Crippen LogP contribution < -0.4 is 16.0 Å². The standard InChI is InChI=1S/C20H21N5O2S/c1-3-21-19(27)24-16-6-4-5-15(13-16)23-18(26)14-7-9-17(10-8-14)25-12-11-22-20(25)28-2/h4-13H,3H2,1-2H3,(H,23,26)(H2,21,24,27). The maximum atomic E-state index is 12.5. The van der Waals surface area contributed by atoms with Crippen LogP contribution in [-0.4, -0.2) is 34.3 Å². The number of rotatable bonds is 6. The van der Waals surface area contributed by atoms with Crippen molar-refractivity contribution in [1.29, 1.82) is 0 Å². The molecule has 0 aliphatic heterocycles. The van der Waals surface area contributed by atoms with E-state index in [0.29, 0.717) is 23.5 Å². The van der Waals surface area contributed by atoms with Gasteiger partial charge in [0.15, 0.2) is 5.16 Å². The van der Waals surface area contributed by atoms with Crippen LogP contribution in [0.4, 0.5) is 16.2 Å². The smallest absolute Gasteiger partial charge is 0.319 e. The summed E-state index contributed by atoms with van der Waals surface area (Å²) in [5, 5.41) is 9.11. The summed E-state index contributed by atoms with van der Waals surface area (Å²) >= 11 is 1.56. The van der Waals surface area contributed by atoms with E-state index in [1.165, 1.54) is 0 Å². The van der Waals surface area contributed by atoms with Crippen LogP contribution in [0.2, 0.25) is 0 Å². The normalized spacial score (nSPS) is 10.4. The first kappa shape index (κ1) is 19.5. The molecule has 0 spiro atoms. The summed E-state index contributed by atoms with van der Waals surface area (Å²) in [5.74, 6) is -0.225. The molecule has 3 N–H and O–H groups in total. The average Bonchev–Trinajstić information content (AvgIpc) is 3.17. The summed E-state index contributed by atoms with van der Waals surface area (Å²) in [7, 11) is 0. The summed E-state index contributed by atoms with van der Waals surface area (Å²) in [6.45, 7) is 2.38. The van der Waals surface area contributed by atoms with E-state index in [2.05, 4.69) is 20.9 Å². The Morgan fingerprint density at radius 2 is 1.79 bits per heavy atom. The molecule has 28 heavy (non-hydrogen) atoms. The third-order valence-corrected chi connectivity index (χ3v) is 4.58. The molecule has 0 atom stereocenters. The molecule has 0 bridgehead atoms. The van der Waals surface area contributed by atoms with Gasteiger partial charge in [-0.2, -0.15) is 0 Å². The number of hydrogen-bond donors (Lipinski definition) is 3. The van der Waals surface area contributed by atoms with Crippen molar-refractivity contribution in [2.75, 3.05) is 23.4 Å². The van der Waals surface area contributed by atoms with Gasteiger partial charge < -0.3 is 16.0 Å². The van der Waals surface area contributed by atoms with Crippen molar-refractivity contribution in [1.82, 2.24) is 14.9 Å². The Hall–Kier alpha value is -3.26. The maximum Gasteiger partial charge on any atom is 0.319 e. The van der Waals surface area contributed by atoms with Gasteiger partial charge in [0.25, 0.3) is 5.91 Å². The van der Waals surface area contributed by atoms with Crippen LogP contribution in [0.25, 0.3) is 5.69 Å². The molecule has 0 unspecified atom stereocenters. The molecule has 8 heteroatoms.